The molecule has 0 saturated carbocycles. The van der Waals surface area contributed by atoms with Gasteiger partial charge in [0.05, 0.1) is 40.1 Å². The largest absolute Gasteiger partial charge is 0.477 e. The van der Waals surface area contributed by atoms with Crippen LogP contribution in [0, 0.1) is 17.2 Å². The van der Waals surface area contributed by atoms with Crippen LogP contribution in [0.5, 0.6) is 5.88 Å². The summed E-state index contributed by atoms with van der Waals surface area (Å²) >= 11 is 0. The van der Waals surface area contributed by atoms with Gasteiger partial charge in [-0.2, -0.15) is 18.4 Å². The number of halogens is 3. The fourth-order valence-corrected chi connectivity index (χ4v) is 5.93. The average Bonchev–Trinajstić information content (AvgIpc) is 3.48. The monoisotopic (exact) mass is 594 g/mol. The molecule has 43 heavy (non-hydrogen) atoms. The number of carbonyl (C=O) groups excluding carboxylic acids is 1. The molecule has 0 unspecified atom stereocenters. The van der Waals surface area contributed by atoms with E-state index in [-0.39, 0.29) is 30.0 Å². The Hall–Kier alpha value is -4.21. The summed E-state index contributed by atoms with van der Waals surface area (Å²) in [6.07, 6.45) is -0.552. The highest BCUT2D eigenvalue weighted by Crippen LogP contribution is 2.40. The number of piperidine rings is 1. The van der Waals surface area contributed by atoms with Crippen molar-refractivity contribution >= 4 is 11.6 Å². The standard InChI is InChI=1S/C31H33F3N6O3/c1-2-43-28-24(4-3-11-37-28)25-7-5-23(17-38-25)30(29(42)39-26-18-36-16-21(26)19-41)9-12-40(13-10-30)27-8-6-22(31(32,33)34)14-20(27)15-35/h3-8,11,14,17,21,26,36,41H,2,9-10,12-13,16,18-19H2,1H3,(H,39,42)/t21-,26-/m1/s1. The fraction of sp³-hybridized carbons (Fsp3) is 0.419. The maximum absolute atomic E-state index is 14.1. The molecule has 1 amide bonds. The van der Waals surface area contributed by atoms with E-state index < -0.39 is 17.2 Å². The first-order valence-electron chi connectivity index (χ1n) is 14.2. The van der Waals surface area contributed by atoms with Gasteiger partial charge < -0.3 is 25.4 Å². The van der Waals surface area contributed by atoms with Gasteiger partial charge in [-0.25, -0.2) is 4.98 Å². The summed E-state index contributed by atoms with van der Waals surface area (Å²) in [5.74, 6) is 0.146. The predicted octanol–water partition coefficient (Wildman–Crippen LogP) is 3.67. The Balaban J connectivity index is 1.45. The third kappa shape index (κ3) is 6.14. The average molecular weight is 595 g/mol. The summed E-state index contributed by atoms with van der Waals surface area (Å²) < 4.78 is 45.5. The predicted molar refractivity (Wildman–Crippen MR) is 153 cm³/mol. The number of hydrogen-bond donors (Lipinski definition) is 3. The van der Waals surface area contributed by atoms with E-state index in [0.29, 0.717) is 68.5 Å². The number of anilines is 1. The lowest BCUT2D eigenvalue weighted by atomic mass is 9.72. The summed E-state index contributed by atoms with van der Waals surface area (Å²) in [4.78, 5) is 24.9. The molecule has 1 aromatic carbocycles. The first-order valence-corrected chi connectivity index (χ1v) is 14.2. The highest BCUT2D eigenvalue weighted by molar-refractivity contribution is 5.89. The normalized spacial score (nSPS) is 20.0. The van der Waals surface area contributed by atoms with Crippen molar-refractivity contribution in [1.82, 2.24) is 20.6 Å². The second-order valence-corrected chi connectivity index (χ2v) is 10.8. The molecule has 4 heterocycles. The lowest BCUT2D eigenvalue weighted by Crippen LogP contribution is -2.55. The van der Waals surface area contributed by atoms with Crippen molar-refractivity contribution in [1.29, 1.82) is 5.26 Å². The zero-order valence-electron chi connectivity index (χ0n) is 23.7. The molecule has 3 aromatic rings. The van der Waals surface area contributed by atoms with E-state index in [1.54, 1.807) is 18.5 Å². The van der Waals surface area contributed by atoms with E-state index in [9.17, 15) is 28.3 Å². The summed E-state index contributed by atoms with van der Waals surface area (Å²) in [5.41, 5.74) is 0.529. The van der Waals surface area contributed by atoms with Crippen LogP contribution in [0.15, 0.2) is 54.9 Å². The number of alkyl halides is 3. The molecule has 5 rings (SSSR count). The SMILES string of the molecule is CCOc1ncccc1-c1ccc(C2(C(=O)N[C@@H]3CNC[C@@H]3CO)CCN(c3ccc(C(F)(F)F)cc3C#N)CC2)cn1. The van der Waals surface area contributed by atoms with Gasteiger partial charge in [-0.15, -0.1) is 0 Å². The smallest absolute Gasteiger partial charge is 0.416 e. The van der Waals surface area contributed by atoms with Crippen LogP contribution >= 0.6 is 0 Å². The van der Waals surface area contributed by atoms with E-state index in [1.165, 1.54) is 6.07 Å². The van der Waals surface area contributed by atoms with Crippen LogP contribution in [0.1, 0.15) is 36.5 Å². The molecule has 2 aliphatic heterocycles. The number of hydrogen-bond acceptors (Lipinski definition) is 8. The van der Waals surface area contributed by atoms with Gasteiger partial charge in [0.25, 0.3) is 0 Å². The van der Waals surface area contributed by atoms with Gasteiger partial charge in [0, 0.05) is 57.1 Å². The maximum Gasteiger partial charge on any atom is 0.416 e. The third-order valence-electron chi connectivity index (χ3n) is 8.37. The Morgan fingerprint density at radius 2 is 2.00 bits per heavy atom. The number of aliphatic hydroxyl groups excluding tert-OH is 1. The molecule has 2 fully saturated rings. The quantitative estimate of drug-likeness (QED) is 0.361. The number of nitrogens with zero attached hydrogens (tertiary/aromatic N) is 4. The van der Waals surface area contributed by atoms with Crippen LogP contribution in [0.4, 0.5) is 18.9 Å². The minimum Gasteiger partial charge on any atom is -0.477 e. The lowest BCUT2D eigenvalue weighted by molar-refractivity contribution is -0.137. The number of nitrogens with one attached hydrogen (secondary N) is 2. The lowest BCUT2D eigenvalue weighted by Gasteiger charge is -2.42. The zero-order valence-corrected chi connectivity index (χ0v) is 23.7. The second-order valence-electron chi connectivity index (χ2n) is 10.8. The molecule has 2 aromatic heterocycles. The first kappa shape index (κ1) is 30.3. The molecule has 2 saturated heterocycles. The van der Waals surface area contributed by atoms with E-state index in [1.807, 2.05) is 36.1 Å². The summed E-state index contributed by atoms with van der Waals surface area (Å²) in [6.45, 7) is 4.05. The van der Waals surface area contributed by atoms with Gasteiger partial charge in [-0.1, -0.05) is 6.07 Å². The summed E-state index contributed by atoms with van der Waals surface area (Å²) in [7, 11) is 0. The first-order chi connectivity index (χ1) is 20.7. The number of pyridine rings is 2. The number of aliphatic hydroxyl groups is 1. The minimum absolute atomic E-state index is 0.0624. The van der Waals surface area contributed by atoms with E-state index in [0.717, 1.165) is 17.7 Å². The van der Waals surface area contributed by atoms with Crippen molar-refractivity contribution in [3.63, 3.8) is 0 Å². The van der Waals surface area contributed by atoms with Crippen molar-refractivity contribution in [2.75, 3.05) is 44.3 Å². The summed E-state index contributed by atoms with van der Waals surface area (Å²) in [6, 6.07) is 12.2. The third-order valence-corrected chi connectivity index (χ3v) is 8.37. The maximum atomic E-state index is 14.1. The highest BCUT2D eigenvalue weighted by Gasteiger charge is 2.45. The van der Waals surface area contributed by atoms with Crippen LogP contribution in [-0.2, 0) is 16.4 Å². The zero-order chi connectivity index (χ0) is 30.6. The molecule has 226 valence electrons. The van der Waals surface area contributed by atoms with Crippen molar-refractivity contribution < 1.29 is 27.8 Å². The topological polar surface area (TPSA) is 123 Å². The van der Waals surface area contributed by atoms with E-state index in [4.69, 9.17) is 4.74 Å². The number of ether oxygens (including phenoxy) is 1. The van der Waals surface area contributed by atoms with Crippen molar-refractivity contribution in [3.05, 3.63) is 71.5 Å². The molecular weight excluding hydrogens is 561 g/mol. The minimum atomic E-state index is -4.56. The number of amides is 1. The Bertz CT molecular complexity index is 1480. The number of rotatable bonds is 8. The molecule has 0 radical (unpaired) electrons. The molecule has 2 atom stereocenters. The van der Waals surface area contributed by atoms with Gasteiger partial charge in [-0.05, 0) is 61.7 Å². The van der Waals surface area contributed by atoms with Crippen molar-refractivity contribution in [2.45, 2.75) is 37.4 Å². The Morgan fingerprint density at radius 3 is 2.65 bits per heavy atom. The second kappa shape index (κ2) is 12.6. The van der Waals surface area contributed by atoms with E-state index in [2.05, 4.69) is 20.6 Å². The van der Waals surface area contributed by atoms with Crippen molar-refractivity contribution in [2.24, 2.45) is 5.92 Å². The molecular formula is C31H33F3N6O3. The van der Waals surface area contributed by atoms with Gasteiger partial charge in [0.1, 0.15) is 6.07 Å². The van der Waals surface area contributed by atoms with Gasteiger partial charge in [-0.3, -0.25) is 9.78 Å². The molecule has 2 aliphatic rings. The molecule has 0 spiro atoms. The van der Waals surface area contributed by atoms with Crippen molar-refractivity contribution in [3.8, 4) is 23.2 Å². The molecule has 0 bridgehead atoms. The fourth-order valence-electron chi connectivity index (χ4n) is 5.93. The van der Waals surface area contributed by atoms with Gasteiger partial charge >= 0.3 is 6.18 Å². The Labute approximate surface area is 247 Å². The number of nitriles is 1. The Morgan fingerprint density at radius 1 is 1.21 bits per heavy atom. The van der Waals surface area contributed by atoms with Gasteiger partial charge in [0.15, 0.2) is 0 Å². The van der Waals surface area contributed by atoms with Crippen LogP contribution in [-0.4, -0.2) is 66.4 Å². The van der Waals surface area contributed by atoms with Crippen LogP contribution in [0.25, 0.3) is 11.3 Å². The number of benzene rings is 1. The van der Waals surface area contributed by atoms with Crippen LogP contribution < -0.4 is 20.3 Å². The summed E-state index contributed by atoms with van der Waals surface area (Å²) in [5, 5.41) is 25.8. The number of carbonyl (C=O) groups is 1. The highest BCUT2D eigenvalue weighted by atomic mass is 19.4. The van der Waals surface area contributed by atoms with Gasteiger partial charge in [0.2, 0.25) is 11.8 Å². The molecule has 0 aliphatic carbocycles. The molecule has 3 N–H and O–H groups in total. The van der Waals surface area contributed by atoms with E-state index >= 15 is 0 Å². The molecule has 12 heteroatoms. The van der Waals surface area contributed by atoms with Crippen LogP contribution in [0.2, 0.25) is 0 Å². The molecule has 9 nitrogen and oxygen atoms in total. The number of aromatic nitrogens is 2. The van der Waals surface area contributed by atoms with Crippen LogP contribution in [0.3, 0.4) is 0 Å². The Kier molecular flexibility index (Phi) is 8.84.